The van der Waals surface area contributed by atoms with Crippen LogP contribution in [0.2, 0.25) is 0 Å². The van der Waals surface area contributed by atoms with Gasteiger partial charge in [-0.15, -0.1) is 0 Å². The maximum Gasteiger partial charge on any atom is 0.408 e. The molecule has 0 aliphatic carbocycles. The minimum absolute atomic E-state index is 0.0494. The third kappa shape index (κ3) is 5.90. The van der Waals surface area contributed by atoms with Crippen LogP contribution in [-0.4, -0.2) is 29.7 Å². The summed E-state index contributed by atoms with van der Waals surface area (Å²) in [6, 6.07) is 7.58. The van der Waals surface area contributed by atoms with E-state index in [1.165, 1.54) is 13.0 Å². The second-order valence-electron chi connectivity index (χ2n) is 4.35. The number of carbonyl (C=O) groups excluding carboxylic acids is 1. The average molecular weight is 290 g/mol. The Morgan fingerprint density at radius 1 is 1.48 bits per heavy atom. The molecule has 0 aliphatic rings. The van der Waals surface area contributed by atoms with E-state index in [1.807, 2.05) is 30.3 Å². The van der Waals surface area contributed by atoms with Crippen LogP contribution in [0.4, 0.5) is 4.79 Å². The van der Waals surface area contributed by atoms with Gasteiger partial charge in [0, 0.05) is 11.8 Å². The second kappa shape index (κ2) is 8.52. The fraction of sp³-hybridized carbons (Fsp3) is 0.267. The molecular weight excluding hydrogens is 272 g/mol. The van der Waals surface area contributed by atoms with Crippen molar-refractivity contribution < 1.29 is 14.5 Å². The van der Waals surface area contributed by atoms with Crippen molar-refractivity contribution in [3.8, 4) is 0 Å². The molecule has 0 unspecified atom stereocenters. The van der Waals surface area contributed by atoms with Gasteiger partial charge in [-0.2, -0.15) is 0 Å². The lowest BCUT2D eigenvalue weighted by atomic mass is 10.1. The summed E-state index contributed by atoms with van der Waals surface area (Å²) >= 11 is 0. The summed E-state index contributed by atoms with van der Waals surface area (Å²) in [6.45, 7) is 4.90. The first kappa shape index (κ1) is 16.4. The van der Waals surface area contributed by atoms with Crippen LogP contribution < -0.4 is 5.32 Å². The molecule has 6 nitrogen and oxygen atoms in total. The molecule has 1 amide bonds. The molecule has 1 rings (SSSR count). The van der Waals surface area contributed by atoms with Gasteiger partial charge in [-0.25, -0.2) is 4.79 Å². The summed E-state index contributed by atoms with van der Waals surface area (Å²) in [5.74, 6) is 0. The van der Waals surface area contributed by atoms with Crippen LogP contribution >= 0.6 is 0 Å². The van der Waals surface area contributed by atoms with Gasteiger partial charge in [0.25, 0.3) is 0 Å². The van der Waals surface area contributed by atoms with Gasteiger partial charge in [0.2, 0.25) is 6.04 Å². The van der Waals surface area contributed by atoms with Gasteiger partial charge < -0.3 is 10.1 Å². The Bertz CT molecular complexity index is 514. The monoisotopic (exact) mass is 290 g/mol. The van der Waals surface area contributed by atoms with E-state index in [2.05, 4.69) is 11.9 Å². The quantitative estimate of drug-likeness (QED) is 0.475. The van der Waals surface area contributed by atoms with E-state index in [0.29, 0.717) is 0 Å². The molecule has 0 saturated carbocycles. The fourth-order valence-corrected chi connectivity index (χ4v) is 1.55. The maximum atomic E-state index is 11.5. The highest BCUT2D eigenvalue weighted by Gasteiger charge is 2.26. The Morgan fingerprint density at radius 3 is 2.71 bits per heavy atom. The average Bonchev–Trinajstić information content (AvgIpc) is 2.49. The second-order valence-corrected chi connectivity index (χ2v) is 4.35. The minimum Gasteiger partial charge on any atom is -0.445 e. The van der Waals surface area contributed by atoms with Gasteiger partial charge in [-0.3, -0.25) is 10.1 Å². The van der Waals surface area contributed by atoms with E-state index < -0.39 is 23.1 Å². The summed E-state index contributed by atoms with van der Waals surface area (Å²) < 4.78 is 4.78. The van der Waals surface area contributed by atoms with E-state index in [0.717, 1.165) is 5.56 Å². The van der Waals surface area contributed by atoms with Crippen molar-refractivity contribution in [3.05, 3.63) is 64.7 Å². The lowest BCUT2D eigenvalue weighted by Crippen LogP contribution is -2.44. The first-order valence-electron chi connectivity index (χ1n) is 6.45. The molecule has 0 bridgehead atoms. The van der Waals surface area contributed by atoms with Crippen LogP contribution in [0.25, 0.3) is 6.08 Å². The molecule has 1 aromatic rings. The number of amides is 1. The van der Waals surface area contributed by atoms with Crippen LogP contribution in [-0.2, 0) is 4.74 Å². The molecule has 0 fully saturated rings. The number of hydrogen-bond acceptors (Lipinski definition) is 4. The minimum atomic E-state index is -0.971. The van der Waals surface area contributed by atoms with E-state index in [9.17, 15) is 14.9 Å². The van der Waals surface area contributed by atoms with Gasteiger partial charge in [0.05, 0.1) is 0 Å². The number of carbonyl (C=O) groups is 1. The van der Waals surface area contributed by atoms with Crippen LogP contribution in [0, 0.1) is 10.1 Å². The SMILES string of the molecule is C=CCOC(=O)N[C@@H](/C=C/c1ccccc1)[C@@H](C)[N+](=O)[O-]. The van der Waals surface area contributed by atoms with E-state index in [-0.39, 0.29) is 6.61 Å². The van der Waals surface area contributed by atoms with Gasteiger partial charge in [0.1, 0.15) is 12.6 Å². The molecule has 112 valence electrons. The van der Waals surface area contributed by atoms with Gasteiger partial charge >= 0.3 is 6.09 Å². The molecular formula is C15H18N2O4. The van der Waals surface area contributed by atoms with Crippen LogP contribution in [0.15, 0.2) is 49.1 Å². The van der Waals surface area contributed by atoms with Crippen molar-refractivity contribution in [2.45, 2.75) is 19.0 Å². The summed E-state index contributed by atoms with van der Waals surface area (Å²) in [6.07, 6.45) is 4.01. The normalized spacial score (nSPS) is 13.4. The predicted molar refractivity (Wildman–Crippen MR) is 80.4 cm³/mol. The Kier molecular flexibility index (Phi) is 6.67. The standard InChI is InChI=1S/C15H18N2O4/c1-3-11-21-15(18)16-14(12(2)17(19)20)10-9-13-7-5-4-6-8-13/h3-10,12,14H,1,11H2,2H3,(H,16,18)/b10-9+/t12-,14+/m1/s1. The van der Waals surface area contributed by atoms with Crippen LogP contribution in [0.5, 0.6) is 0 Å². The van der Waals surface area contributed by atoms with Crippen molar-refractivity contribution in [1.82, 2.24) is 5.32 Å². The summed E-state index contributed by atoms with van der Waals surface area (Å²) in [7, 11) is 0. The Balaban J connectivity index is 2.77. The van der Waals surface area contributed by atoms with Gasteiger partial charge in [-0.1, -0.05) is 55.1 Å². The number of ether oxygens (including phenoxy) is 1. The number of nitro groups is 1. The number of rotatable bonds is 7. The van der Waals surface area contributed by atoms with E-state index in [4.69, 9.17) is 4.74 Å². The zero-order valence-electron chi connectivity index (χ0n) is 11.8. The summed E-state index contributed by atoms with van der Waals surface area (Å²) in [4.78, 5) is 22.0. The topological polar surface area (TPSA) is 81.5 Å². The molecule has 2 atom stereocenters. The first-order chi connectivity index (χ1) is 10.0. The third-order valence-electron chi connectivity index (χ3n) is 2.76. The number of nitrogens with zero attached hydrogens (tertiary/aromatic N) is 1. The lowest BCUT2D eigenvalue weighted by Gasteiger charge is -2.16. The fourth-order valence-electron chi connectivity index (χ4n) is 1.55. The Morgan fingerprint density at radius 2 is 2.14 bits per heavy atom. The molecule has 0 spiro atoms. The highest BCUT2D eigenvalue weighted by Crippen LogP contribution is 2.06. The third-order valence-corrected chi connectivity index (χ3v) is 2.76. The van der Waals surface area contributed by atoms with Crippen LogP contribution in [0.1, 0.15) is 12.5 Å². The lowest BCUT2D eigenvalue weighted by molar-refractivity contribution is -0.520. The maximum absolute atomic E-state index is 11.5. The molecule has 0 aliphatic heterocycles. The molecule has 6 heteroatoms. The zero-order chi connectivity index (χ0) is 15.7. The summed E-state index contributed by atoms with van der Waals surface area (Å²) in [5.41, 5.74) is 0.888. The Hall–Kier alpha value is -2.63. The largest absolute Gasteiger partial charge is 0.445 e. The first-order valence-corrected chi connectivity index (χ1v) is 6.45. The van der Waals surface area contributed by atoms with Crippen molar-refractivity contribution in [2.75, 3.05) is 6.61 Å². The number of benzene rings is 1. The molecule has 0 heterocycles. The highest BCUT2D eigenvalue weighted by atomic mass is 16.6. The Labute approximate surface area is 123 Å². The number of nitrogens with one attached hydrogen (secondary N) is 1. The summed E-state index contributed by atoms with van der Waals surface area (Å²) in [5, 5.41) is 13.4. The molecule has 21 heavy (non-hydrogen) atoms. The zero-order valence-corrected chi connectivity index (χ0v) is 11.8. The molecule has 0 saturated heterocycles. The smallest absolute Gasteiger partial charge is 0.408 e. The van der Waals surface area contributed by atoms with Crippen LogP contribution in [0.3, 0.4) is 0 Å². The highest BCUT2D eigenvalue weighted by molar-refractivity contribution is 5.68. The van der Waals surface area contributed by atoms with Gasteiger partial charge in [0.15, 0.2) is 0 Å². The van der Waals surface area contributed by atoms with Gasteiger partial charge in [-0.05, 0) is 5.56 Å². The van der Waals surface area contributed by atoms with Crippen molar-refractivity contribution in [2.24, 2.45) is 0 Å². The predicted octanol–water partition coefficient (Wildman–Crippen LogP) is 2.65. The van der Waals surface area contributed by atoms with E-state index in [1.54, 1.807) is 12.2 Å². The molecule has 1 N–H and O–H groups in total. The van der Waals surface area contributed by atoms with Crippen molar-refractivity contribution in [3.63, 3.8) is 0 Å². The van der Waals surface area contributed by atoms with Crippen molar-refractivity contribution in [1.29, 1.82) is 0 Å². The van der Waals surface area contributed by atoms with Crippen molar-refractivity contribution >= 4 is 12.2 Å². The molecule has 0 radical (unpaired) electrons. The number of hydrogen-bond donors (Lipinski definition) is 1. The molecule has 1 aromatic carbocycles. The molecule has 0 aromatic heterocycles. The van der Waals surface area contributed by atoms with E-state index >= 15 is 0 Å². The number of alkyl carbamates (subject to hydrolysis) is 1.